The minimum Gasteiger partial charge on any atom is -0.507 e. The number of non-ortho nitro benzene ring substituents is 1. The standard InChI is InChI=1S/C21H13FN4O5/c22-14-6-2-13(3-7-14)18(27)16-17(12-4-8-15(9-5-12)26(30)31)25(20(29)19(16)28)21-23-10-1-11-24-21/h1-11,17,27H/b18-16-. The van der Waals surface area contributed by atoms with Crippen LogP contribution in [-0.4, -0.2) is 31.7 Å². The third-order valence-electron chi connectivity index (χ3n) is 4.75. The lowest BCUT2D eigenvalue weighted by Crippen LogP contribution is -2.31. The molecule has 0 saturated carbocycles. The lowest BCUT2D eigenvalue weighted by atomic mass is 9.95. The second-order valence-corrected chi connectivity index (χ2v) is 6.57. The number of aliphatic hydroxyl groups is 1. The van der Waals surface area contributed by atoms with Crippen LogP contribution in [-0.2, 0) is 9.59 Å². The molecule has 2 heterocycles. The predicted molar refractivity (Wildman–Crippen MR) is 106 cm³/mol. The molecule has 1 aromatic heterocycles. The predicted octanol–water partition coefficient (Wildman–Crippen LogP) is 3.15. The quantitative estimate of drug-likeness (QED) is 0.226. The van der Waals surface area contributed by atoms with Gasteiger partial charge in [0.15, 0.2) is 0 Å². The third-order valence-corrected chi connectivity index (χ3v) is 4.75. The molecular weight excluding hydrogens is 407 g/mol. The third kappa shape index (κ3) is 3.50. The number of carbonyl (C=O) groups is 2. The van der Waals surface area contributed by atoms with Crippen molar-refractivity contribution in [2.24, 2.45) is 0 Å². The van der Waals surface area contributed by atoms with Crippen LogP contribution >= 0.6 is 0 Å². The Bertz CT molecular complexity index is 1210. The number of benzene rings is 2. The van der Waals surface area contributed by atoms with Crippen LogP contribution in [0, 0.1) is 15.9 Å². The summed E-state index contributed by atoms with van der Waals surface area (Å²) in [5.41, 5.74) is -0.00526. The molecule has 1 atom stereocenters. The van der Waals surface area contributed by atoms with E-state index in [2.05, 4.69) is 9.97 Å². The highest BCUT2D eigenvalue weighted by Gasteiger charge is 2.48. The van der Waals surface area contributed by atoms with Gasteiger partial charge in [-0.1, -0.05) is 0 Å². The van der Waals surface area contributed by atoms with Gasteiger partial charge in [-0.15, -0.1) is 0 Å². The van der Waals surface area contributed by atoms with Gasteiger partial charge in [0, 0.05) is 30.1 Å². The number of carbonyl (C=O) groups excluding carboxylic acids is 2. The fourth-order valence-electron chi connectivity index (χ4n) is 3.31. The van der Waals surface area contributed by atoms with Gasteiger partial charge >= 0.3 is 5.91 Å². The smallest absolute Gasteiger partial charge is 0.302 e. The Kier molecular flexibility index (Phi) is 4.96. The highest BCUT2D eigenvalue weighted by atomic mass is 19.1. The number of halogens is 1. The first kappa shape index (κ1) is 19.8. The molecule has 1 amide bonds. The molecule has 0 aliphatic carbocycles. The lowest BCUT2D eigenvalue weighted by Gasteiger charge is -2.23. The van der Waals surface area contributed by atoms with Crippen molar-refractivity contribution in [1.82, 2.24) is 9.97 Å². The summed E-state index contributed by atoms with van der Waals surface area (Å²) in [6.07, 6.45) is 2.77. The summed E-state index contributed by atoms with van der Waals surface area (Å²) in [6.45, 7) is 0. The fraction of sp³-hybridized carbons (Fsp3) is 0.0476. The van der Waals surface area contributed by atoms with E-state index in [0.717, 1.165) is 17.0 Å². The van der Waals surface area contributed by atoms with Crippen molar-refractivity contribution in [2.75, 3.05) is 4.90 Å². The normalized spacial score (nSPS) is 17.7. The van der Waals surface area contributed by atoms with Crippen molar-refractivity contribution in [3.63, 3.8) is 0 Å². The number of aliphatic hydroxyl groups excluding tert-OH is 1. The highest BCUT2D eigenvalue weighted by Crippen LogP contribution is 2.41. The summed E-state index contributed by atoms with van der Waals surface area (Å²) in [4.78, 5) is 45.2. The van der Waals surface area contributed by atoms with Crippen molar-refractivity contribution < 1.29 is 24.0 Å². The topological polar surface area (TPSA) is 127 Å². The maximum atomic E-state index is 13.3. The van der Waals surface area contributed by atoms with Crippen LogP contribution in [0.3, 0.4) is 0 Å². The summed E-state index contributed by atoms with van der Waals surface area (Å²) < 4.78 is 13.3. The van der Waals surface area contributed by atoms with Crippen LogP contribution in [0.5, 0.6) is 0 Å². The van der Waals surface area contributed by atoms with E-state index in [-0.39, 0.29) is 22.8 Å². The average Bonchev–Trinajstić information content (AvgIpc) is 3.05. The number of anilines is 1. The van der Waals surface area contributed by atoms with E-state index >= 15 is 0 Å². The Morgan fingerprint density at radius 3 is 2.23 bits per heavy atom. The van der Waals surface area contributed by atoms with E-state index in [4.69, 9.17) is 0 Å². The number of Topliss-reactive ketones (excluding diaryl/α,β-unsaturated/α-hetero) is 1. The van der Waals surface area contributed by atoms with Gasteiger partial charge in [0.25, 0.3) is 11.5 Å². The molecule has 1 fully saturated rings. The van der Waals surface area contributed by atoms with Gasteiger partial charge in [0.05, 0.1) is 16.5 Å². The Morgan fingerprint density at radius 2 is 1.65 bits per heavy atom. The van der Waals surface area contributed by atoms with Crippen LogP contribution in [0.15, 0.2) is 72.6 Å². The van der Waals surface area contributed by atoms with E-state index in [1.807, 2.05) is 0 Å². The number of nitro benzene ring substituents is 1. The Hall–Kier alpha value is -4.47. The Balaban J connectivity index is 1.92. The summed E-state index contributed by atoms with van der Waals surface area (Å²) >= 11 is 0. The molecule has 1 N–H and O–H groups in total. The second-order valence-electron chi connectivity index (χ2n) is 6.57. The average molecular weight is 420 g/mol. The zero-order chi connectivity index (χ0) is 22.1. The van der Waals surface area contributed by atoms with E-state index in [1.165, 1.54) is 54.9 Å². The molecule has 1 aliphatic heterocycles. The molecule has 0 radical (unpaired) electrons. The number of rotatable bonds is 4. The van der Waals surface area contributed by atoms with Gasteiger partial charge in [-0.05, 0) is 48.0 Å². The number of nitro groups is 1. The lowest BCUT2D eigenvalue weighted by molar-refractivity contribution is -0.384. The van der Waals surface area contributed by atoms with Crippen LogP contribution < -0.4 is 4.90 Å². The highest BCUT2D eigenvalue weighted by molar-refractivity contribution is 6.51. The monoisotopic (exact) mass is 420 g/mol. The summed E-state index contributed by atoms with van der Waals surface area (Å²) in [5.74, 6) is -3.09. The first-order chi connectivity index (χ1) is 14.9. The fourth-order valence-corrected chi connectivity index (χ4v) is 3.31. The van der Waals surface area contributed by atoms with Crippen molar-refractivity contribution >= 4 is 29.1 Å². The molecule has 0 bridgehead atoms. The zero-order valence-corrected chi connectivity index (χ0v) is 15.7. The van der Waals surface area contributed by atoms with Crippen LogP contribution in [0.4, 0.5) is 16.0 Å². The molecular formula is C21H13FN4O5. The molecule has 10 heteroatoms. The van der Waals surface area contributed by atoms with Gasteiger partial charge in [0.2, 0.25) is 5.95 Å². The van der Waals surface area contributed by atoms with E-state index in [0.29, 0.717) is 5.56 Å². The molecule has 154 valence electrons. The molecule has 4 rings (SSSR count). The molecule has 3 aromatic rings. The Morgan fingerprint density at radius 1 is 1.03 bits per heavy atom. The first-order valence-corrected chi connectivity index (χ1v) is 8.97. The van der Waals surface area contributed by atoms with Crippen molar-refractivity contribution in [1.29, 1.82) is 0 Å². The summed E-state index contributed by atoms with van der Waals surface area (Å²) in [6, 6.07) is 10.3. The SMILES string of the molecule is O=C1C(=O)N(c2ncccn2)C(c2ccc([N+](=O)[O-])cc2)/C1=C(/O)c1ccc(F)cc1. The van der Waals surface area contributed by atoms with Crippen molar-refractivity contribution in [2.45, 2.75) is 6.04 Å². The molecule has 31 heavy (non-hydrogen) atoms. The van der Waals surface area contributed by atoms with Gasteiger partial charge in [-0.2, -0.15) is 0 Å². The van der Waals surface area contributed by atoms with Crippen LogP contribution in [0.1, 0.15) is 17.2 Å². The van der Waals surface area contributed by atoms with Gasteiger partial charge in [-0.3, -0.25) is 24.6 Å². The number of aromatic nitrogens is 2. The van der Waals surface area contributed by atoms with Crippen LogP contribution in [0.2, 0.25) is 0 Å². The van der Waals surface area contributed by atoms with E-state index in [1.54, 1.807) is 0 Å². The maximum absolute atomic E-state index is 13.3. The zero-order valence-electron chi connectivity index (χ0n) is 15.7. The minimum absolute atomic E-state index is 0.0777. The molecule has 1 unspecified atom stereocenters. The molecule has 9 nitrogen and oxygen atoms in total. The van der Waals surface area contributed by atoms with Crippen molar-refractivity contribution in [3.05, 3.63) is 99.6 Å². The maximum Gasteiger partial charge on any atom is 0.302 e. The van der Waals surface area contributed by atoms with Crippen LogP contribution in [0.25, 0.3) is 5.76 Å². The first-order valence-electron chi connectivity index (χ1n) is 8.97. The number of nitrogens with zero attached hydrogens (tertiary/aromatic N) is 4. The molecule has 1 saturated heterocycles. The number of hydrogen-bond acceptors (Lipinski definition) is 7. The van der Waals surface area contributed by atoms with E-state index < -0.39 is 34.2 Å². The number of ketones is 1. The number of hydrogen-bond donors (Lipinski definition) is 1. The molecule has 2 aromatic carbocycles. The molecule has 1 aliphatic rings. The molecule has 0 spiro atoms. The number of amides is 1. The summed E-state index contributed by atoms with van der Waals surface area (Å²) in [7, 11) is 0. The van der Waals surface area contributed by atoms with Gasteiger partial charge in [-0.25, -0.2) is 14.4 Å². The van der Waals surface area contributed by atoms with Crippen molar-refractivity contribution in [3.8, 4) is 0 Å². The summed E-state index contributed by atoms with van der Waals surface area (Å²) in [5, 5.41) is 21.8. The minimum atomic E-state index is -1.15. The van der Waals surface area contributed by atoms with Gasteiger partial charge in [0.1, 0.15) is 11.6 Å². The second kappa shape index (κ2) is 7.75. The van der Waals surface area contributed by atoms with Gasteiger partial charge < -0.3 is 5.11 Å². The van der Waals surface area contributed by atoms with E-state index in [9.17, 15) is 29.2 Å². The largest absolute Gasteiger partial charge is 0.507 e. The Labute approximate surface area is 174 Å².